The molecule has 4 heteroatoms. The van der Waals surface area contributed by atoms with Crippen molar-refractivity contribution in [1.29, 1.82) is 0 Å². The first kappa shape index (κ1) is 11.8. The topological polar surface area (TPSA) is 61.5 Å². The molecule has 0 radical (unpaired) electrons. The van der Waals surface area contributed by atoms with Crippen molar-refractivity contribution < 1.29 is 14.3 Å². The number of esters is 1. The maximum Gasteiger partial charge on any atom is 0.309 e. The molecule has 0 spiro atoms. The fourth-order valence-corrected chi connectivity index (χ4v) is 2.01. The number of nitrogens with two attached hydrogens (primary N) is 1. The van der Waals surface area contributed by atoms with E-state index >= 15 is 0 Å². The van der Waals surface area contributed by atoms with E-state index in [2.05, 4.69) is 0 Å². The summed E-state index contributed by atoms with van der Waals surface area (Å²) in [5, 5.41) is 0. The molecule has 0 saturated carbocycles. The van der Waals surface area contributed by atoms with E-state index in [1.54, 1.807) is 6.92 Å². The number of hydrogen-bond acceptors (Lipinski definition) is 4. The summed E-state index contributed by atoms with van der Waals surface area (Å²) in [5.74, 6) is 0.635. The van der Waals surface area contributed by atoms with Gasteiger partial charge in [0.1, 0.15) is 11.9 Å². The number of nitrogen functional groups attached to an aromatic ring is 1. The normalized spacial score (nSPS) is 18.1. The van der Waals surface area contributed by atoms with Gasteiger partial charge in [0.25, 0.3) is 0 Å². The van der Waals surface area contributed by atoms with Gasteiger partial charge in [0, 0.05) is 5.69 Å². The van der Waals surface area contributed by atoms with Crippen LogP contribution in [0, 0.1) is 0 Å². The molecule has 0 bridgehead atoms. The van der Waals surface area contributed by atoms with Crippen LogP contribution in [0.15, 0.2) is 18.2 Å². The molecule has 0 aliphatic carbocycles. The first-order valence-corrected chi connectivity index (χ1v) is 5.89. The van der Waals surface area contributed by atoms with Crippen LogP contribution in [-0.4, -0.2) is 18.7 Å². The molecule has 1 aliphatic rings. The number of carbonyl (C=O) groups is 1. The molecular weight excluding hydrogens is 218 g/mol. The third-order valence-electron chi connectivity index (χ3n) is 2.81. The highest BCUT2D eigenvalue weighted by Crippen LogP contribution is 2.30. The number of anilines is 1. The van der Waals surface area contributed by atoms with Crippen molar-refractivity contribution in [2.45, 2.75) is 32.3 Å². The van der Waals surface area contributed by atoms with Gasteiger partial charge in [-0.1, -0.05) is 0 Å². The summed E-state index contributed by atoms with van der Waals surface area (Å²) in [4.78, 5) is 11.4. The van der Waals surface area contributed by atoms with Gasteiger partial charge in [-0.2, -0.15) is 0 Å². The molecule has 1 heterocycles. The summed E-state index contributed by atoms with van der Waals surface area (Å²) >= 11 is 0. The van der Waals surface area contributed by atoms with Crippen molar-refractivity contribution >= 4 is 11.7 Å². The third kappa shape index (κ3) is 2.90. The summed E-state index contributed by atoms with van der Waals surface area (Å²) in [7, 11) is 0. The van der Waals surface area contributed by atoms with Crippen molar-refractivity contribution in [3.05, 3.63) is 23.8 Å². The molecule has 4 nitrogen and oxygen atoms in total. The Balaban J connectivity index is 1.99. The molecule has 1 aromatic rings. The number of benzene rings is 1. The van der Waals surface area contributed by atoms with E-state index in [1.807, 2.05) is 18.2 Å². The van der Waals surface area contributed by atoms with E-state index in [1.165, 1.54) is 0 Å². The molecule has 2 rings (SSSR count). The minimum atomic E-state index is -0.198. The number of ether oxygens (including phenoxy) is 2. The summed E-state index contributed by atoms with van der Waals surface area (Å²) in [6.07, 6.45) is 1.96. The summed E-state index contributed by atoms with van der Waals surface area (Å²) in [6, 6.07) is 5.60. The lowest BCUT2D eigenvalue weighted by atomic mass is 10.00. The number of aryl methyl sites for hydroxylation is 1. The molecular formula is C13H17NO3. The van der Waals surface area contributed by atoms with Gasteiger partial charge in [0.15, 0.2) is 0 Å². The summed E-state index contributed by atoms with van der Waals surface area (Å²) in [6.45, 7) is 2.22. The van der Waals surface area contributed by atoms with Crippen LogP contribution < -0.4 is 10.5 Å². The molecule has 1 atom stereocenters. The number of carbonyl (C=O) groups excluding carboxylic acids is 1. The van der Waals surface area contributed by atoms with Gasteiger partial charge in [-0.05, 0) is 43.5 Å². The lowest BCUT2D eigenvalue weighted by Gasteiger charge is -2.25. The van der Waals surface area contributed by atoms with Gasteiger partial charge < -0.3 is 15.2 Å². The quantitative estimate of drug-likeness (QED) is 0.642. The number of hydrogen-bond donors (Lipinski definition) is 1. The molecule has 0 amide bonds. The second kappa shape index (κ2) is 5.08. The van der Waals surface area contributed by atoms with Crippen molar-refractivity contribution in [2.75, 3.05) is 12.3 Å². The van der Waals surface area contributed by atoms with Crippen LogP contribution >= 0.6 is 0 Å². The number of rotatable bonds is 3. The van der Waals surface area contributed by atoms with Gasteiger partial charge >= 0.3 is 5.97 Å². The Morgan fingerprint density at radius 2 is 2.41 bits per heavy atom. The van der Waals surface area contributed by atoms with Crippen molar-refractivity contribution in [2.24, 2.45) is 0 Å². The first-order valence-electron chi connectivity index (χ1n) is 5.89. The van der Waals surface area contributed by atoms with Gasteiger partial charge in [-0.3, -0.25) is 4.79 Å². The highest BCUT2D eigenvalue weighted by molar-refractivity contribution is 5.70. The molecule has 17 heavy (non-hydrogen) atoms. The van der Waals surface area contributed by atoms with E-state index in [0.717, 1.165) is 29.8 Å². The van der Waals surface area contributed by atoms with Gasteiger partial charge in [0.05, 0.1) is 13.0 Å². The van der Waals surface area contributed by atoms with Gasteiger partial charge in [0.2, 0.25) is 0 Å². The molecule has 1 aromatic carbocycles. The van der Waals surface area contributed by atoms with Crippen molar-refractivity contribution in [3.63, 3.8) is 0 Å². The monoisotopic (exact) mass is 235 g/mol. The van der Waals surface area contributed by atoms with Crippen LogP contribution in [0.25, 0.3) is 0 Å². The average Bonchev–Trinajstić information content (AvgIpc) is 2.29. The second-order valence-corrected chi connectivity index (χ2v) is 4.15. The maximum absolute atomic E-state index is 11.4. The first-order chi connectivity index (χ1) is 8.19. The van der Waals surface area contributed by atoms with Crippen molar-refractivity contribution in [3.8, 4) is 5.75 Å². The van der Waals surface area contributed by atoms with E-state index in [9.17, 15) is 4.79 Å². The summed E-state index contributed by atoms with van der Waals surface area (Å²) < 4.78 is 10.7. The Morgan fingerprint density at radius 3 is 3.18 bits per heavy atom. The average molecular weight is 235 g/mol. The minimum Gasteiger partial charge on any atom is -0.490 e. The lowest BCUT2D eigenvalue weighted by Crippen LogP contribution is -2.26. The Bertz CT molecular complexity index is 417. The zero-order chi connectivity index (χ0) is 12.3. The SMILES string of the molecule is CCOC(=O)CC1CCc2cc(N)ccc2O1. The zero-order valence-electron chi connectivity index (χ0n) is 9.94. The van der Waals surface area contributed by atoms with E-state index < -0.39 is 0 Å². The van der Waals surface area contributed by atoms with Crippen LogP contribution in [0.2, 0.25) is 0 Å². The molecule has 0 fully saturated rings. The lowest BCUT2D eigenvalue weighted by molar-refractivity contribution is -0.145. The van der Waals surface area contributed by atoms with E-state index in [4.69, 9.17) is 15.2 Å². The predicted molar refractivity (Wildman–Crippen MR) is 64.8 cm³/mol. The molecule has 0 saturated heterocycles. The van der Waals surface area contributed by atoms with E-state index in [0.29, 0.717) is 13.0 Å². The Morgan fingerprint density at radius 1 is 1.59 bits per heavy atom. The minimum absolute atomic E-state index is 0.0785. The van der Waals surface area contributed by atoms with Crippen LogP contribution in [0.3, 0.4) is 0 Å². The highest BCUT2D eigenvalue weighted by Gasteiger charge is 2.22. The Labute approximate surface area is 101 Å². The van der Waals surface area contributed by atoms with Crippen LogP contribution in [0.4, 0.5) is 5.69 Å². The smallest absolute Gasteiger partial charge is 0.309 e. The molecule has 1 unspecified atom stereocenters. The Kier molecular flexibility index (Phi) is 3.52. The van der Waals surface area contributed by atoms with Gasteiger partial charge in [-0.25, -0.2) is 0 Å². The third-order valence-corrected chi connectivity index (χ3v) is 2.81. The molecule has 0 aromatic heterocycles. The van der Waals surface area contributed by atoms with Gasteiger partial charge in [-0.15, -0.1) is 0 Å². The predicted octanol–water partition coefficient (Wildman–Crippen LogP) is 1.92. The zero-order valence-corrected chi connectivity index (χ0v) is 9.94. The van der Waals surface area contributed by atoms with E-state index in [-0.39, 0.29) is 12.1 Å². The second-order valence-electron chi connectivity index (χ2n) is 4.15. The highest BCUT2D eigenvalue weighted by atomic mass is 16.5. The fourth-order valence-electron chi connectivity index (χ4n) is 2.01. The molecule has 92 valence electrons. The fraction of sp³-hybridized carbons (Fsp3) is 0.462. The van der Waals surface area contributed by atoms with Crippen LogP contribution in [0.5, 0.6) is 5.75 Å². The standard InChI is InChI=1S/C13H17NO3/c1-2-16-13(15)8-11-5-3-9-7-10(14)4-6-12(9)17-11/h4,6-7,11H,2-3,5,8,14H2,1H3. The Hall–Kier alpha value is -1.71. The molecule has 2 N–H and O–H groups in total. The summed E-state index contributed by atoms with van der Waals surface area (Å²) in [5.41, 5.74) is 7.57. The van der Waals surface area contributed by atoms with Crippen molar-refractivity contribution in [1.82, 2.24) is 0 Å². The maximum atomic E-state index is 11.4. The number of fused-ring (bicyclic) bond motifs is 1. The molecule has 1 aliphatic heterocycles. The van der Waals surface area contributed by atoms with Crippen LogP contribution in [0.1, 0.15) is 25.3 Å². The van der Waals surface area contributed by atoms with Crippen LogP contribution in [-0.2, 0) is 16.0 Å². The largest absolute Gasteiger partial charge is 0.490 e.